The van der Waals surface area contributed by atoms with Gasteiger partial charge >= 0.3 is 5.97 Å². The van der Waals surface area contributed by atoms with Gasteiger partial charge in [-0.05, 0) is 56.5 Å². The molecule has 0 saturated carbocycles. The second-order valence-corrected chi connectivity index (χ2v) is 6.66. The molecule has 146 valence electrons. The highest BCUT2D eigenvalue weighted by Gasteiger charge is 2.52. The fraction of sp³-hybridized carbons (Fsp3) is 0.318. The molecule has 1 aromatic heterocycles. The third-order valence-electron chi connectivity index (χ3n) is 4.86. The molecule has 0 aliphatic carbocycles. The summed E-state index contributed by atoms with van der Waals surface area (Å²) in [7, 11) is 0. The topological polar surface area (TPSA) is 76.8 Å². The zero-order chi connectivity index (χ0) is 20.0. The standard InChI is InChI=1S/C22H23NO5/c1-2-27-21(26)22(13-6-11-18-12-7-16-28-18)14-8-15-23(20(22)25)19(24)17-9-4-3-5-10-17/h3-7,9-12,16H,2,8,13-15H2,1H3. The molecule has 28 heavy (non-hydrogen) atoms. The Morgan fingerprint density at radius 3 is 2.68 bits per heavy atom. The van der Waals surface area contributed by atoms with Gasteiger partial charge in [0.15, 0.2) is 5.41 Å². The summed E-state index contributed by atoms with van der Waals surface area (Å²) < 4.78 is 10.5. The zero-order valence-corrected chi connectivity index (χ0v) is 15.8. The summed E-state index contributed by atoms with van der Waals surface area (Å²) in [5, 5.41) is 0. The van der Waals surface area contributed by atoms with Gasteiger partial charge in [0.2, 0.25) is 5.91 Å². The SMILES string of the molecule is CCOC(=O)C1(CC=Cc2ccco2)CCCN(C(=O)c2ccccc2)C1=O. The van der Waals surface area contributed by atoms with Crippen molar-refractivity contribution in [2.75, 3.05) is 13.2 Å². The number of hydrogen-bond acceptors (Lipinski definition) is 5. The van der Waals surface area contributed by atoms with Crippen LogP contribution in [-0.2, 0) is 14.3 Å². The lowest BCUT2D eigenvalue weighted by atomic mass is 9.75. The number of rotatable bonds is 6. The number of furan rings is 1. The van der Waals surface area contributed by atoms with E-state index in [9.17, 15) is 14.4 Å². The molecule has 2 heterocycles. The predicted octanol–water partition coefficient (Wildman–Crippen LogP) is 3.70. The van der Waals surface area contributed by atoms with Crippen molar-refractivity contribution in [2.45, 2.75) is 26.2 Å². The van der Waals surface area contributed by atoms with Crippen molar-refractivity contribution >= 4 is 23.9 Å². The lowest BCUT2D eigenvalue weighted by molar-refractivity contribution is -0.166. The number of benzene rings is 1. The molecule has 0 spiro atoms. The number of esters is 1. The van der Waals surface area contributed by atoms with Crippen molar-refractivity contribution in [1.82, 2.24) is 4.90 Å². The van der Waals surface area contributed by atoms with Crippen molar-refractivity contribution < 1.29 is 23.5 Å². The smallest absolute Gasteiger partial charge is 0.321 e. The van der Waals surface area contributed by atoms with Crippen molar-refractivity contribution in [3.8, 4) is 0 Å². The number of carbonyl (C=O) groups is 3. The molecule has 1 saturated heterocycles. The highest BCUT2D eigenvalue weighted by molar-refractivity contribution is 6.13. The molecule has 1 unspecified atom stereocenters. The van der Waals surface area contributed by atoms with E-state index in [1.165, 1.54) is 4.90 Å². The fourth-order valence-electron chi connectivity index (χ4n) is 3.43. The van der Waals surface area contributed by atoms with Crippen LogP contribution in [0.2, 0.25) is 0 Å². The van der Waals surface area contributed by atoms with Crippen molar-refractivity contribution in [3.63, 3.8) is 0 Å². The lowest BCUT2D eigenvalue weighted by Crippen LogP contribution is -2.55. The number of ether oxygens (including phenoxy) is 1. The summed E-state index contributed by atoms with van der Waals surface area (Å²) in [4.78, 5) is 40.1. The summed E-state index contributed by atoms with van der Waals surface area (Å²) >= 11 is 0. The first-order chi connectivity index (χ1) is 13.6. The summed E-state index contributed by atoms with van der Waals surface area (Å²) in [6.45, 7) is 2.16. The fourth-order valence-corrected chi connectivity index (χ4v) is 3.43. The third kappa shape index (κ3) is 3.91. The van der Waals surface area contributed by atoms with Gasteiger partial charge in [-0.15, -0.1) is 0 Å². The molecular weight excluding hydrogens is 358 g/mol. The largest absolute Gasteiger partial charge is 0.465 e. The molecular formula is C22H23NO5. The van der Waals surface area contributed by atoms with Crippen LogP contribution in [0.5, 0.6) is 0 Å². The van der Waals surface area contributed by atoms with E-state index in [2.05, 4.69) is 0 Å². The van der Waals surface area contributed by atoms with E-state index in [1.807, 2.05) is 0 Å². The van der Waals surface area contributed by atoms with Crippen molar-refractivity contribution in [2.24, 2.45) is 5.41 Å². The monoisotopic (exact) mass is 381 g/mol. The molecule has 1 fully saturated rings. The number of amides is 2. The van der Waals surface area contributed by atoms with E-state index in [-0.39, 0.29) is 19.6 Å². The molecule has 6 heteroatoms. The van der Waals surface area contributed by atoms with Crippen LogP contribution in [0.4, 0.5) is 0 Å². The minimum atomic E-state index is -1.40. The maximum atomic E-state index is 13.3. The number of carbonyl (C=O) groups excluding carboxylic acids is 3. The van der Waals surface area contributed by atoms with Gasteiger partial charge in [-0.3, -0.25) is 19.3 Å². The molecule has 0 bridgehead atoms. The van der Waals surface area contributed by atoms with Crippen LogP contribution in [0.15, 0.2) is 59.2 Å². The summed E-state index contributed by atoms with van der Waals surface area (Å²) in [5.74, 6) is -0.863. The highest BCUT2D eigenvalue weighted by atomic mass is 16.5. The quantitative estimate of drug-likeness (QED) is 0.433. The van der Waals surface area contributed by atoms with Gasteiger partial charge in [-0.2, -0.15) is 0 Å². The second kappa shape index (κ2) is 8.69. The molecule has 1 atom stereocenters. The minimum Gasteiger partial charge on any atom is -0.465 e. The Labute approximate surface area is 163 Å². The number of nitrogens with zero attached hydrogens (tertiary/aromatic N) is 1. The van der Waals surface area contributed by atoms with Gasteiger partial charge in [-0.1, -0.05) is 24.3 Å². The number of likely N-dealkylation sites (tertiary alicyclic amines) is 1. The number of imide groups is 1. The Morgan fingerprint density at radius 2 is 2.00 bits per heavy atom. The van der Waals surface area contributed by atoms with Crippen molar-refractivity contribution in [3.05, 3.63) is 66.1 Å². The number of piperidine rings is 1. The molecule has 0 N–H and O–H groups in total. The van der Waals surface area contributed by atoms with Crippen LogP contribution in [0.1, 0.15) is 42.3 Å². The molecule has 1 aromatic carbocycles. The maximum Gasteiger partial charge on any atom is 0.321 e. The van der Waals surface area contributed by atoms with Crippen LogP contribution >= 0.6 is 0 Å². The van der Waals surface area contributed by atoms with Gasteiger partial charge in [0, 0.05) is 12.1 Å². The normalized spacial score (nSPS) is 19.8. The Kier molecular flexibility index (Phi) is 6.09. The maximum absolute atomic E-state index is 13.3. The average molecular weight is 381 g/mol. The minimum absolute atomic E-state index is 0.143. The van der Waals surface area contributed by atoms with Crippen LogP contribution in [0.3, 0.4) is 0 Å². The molecule has 1 aliphatic rings. The van der Waals surface area contributed by atoms with Gasteiger partial charge in [-0.25, -0.2) is 0 Å². The van der Waals surface area contributed by atoms with E-state index in [1.54, 1.807) is 67.8 Å². The number of allylic oxidation sites excluding steroid dienone is 1. The van der Waals surface area contributed by atoms with Gasteiger partial charge in [0.05, 0.1) is 12.9 Å². The molecule has 2 amide bonds. The second-order valence-electron chi connectivity index (χ2n) is 6.66. The predicted molar refractivity (Wildman–Crippen MR) is 103 cm³/mol. The highest BCUT2D eigenvalue weighted by Crippen LogP contribution is 2.37. The Morgan fingerprint density at radius 1 is 1.21 bits per heavy atom. The molecule has 1 aliphatic heterocycles. The van der Waals surface area contributed by atoms with E-state index >= 15 is 0 Å². The zero-order valence-electron chi connectivity index (χ0n) is 15.8. The Bertz CT molecular complexity index is 856. The van der Waals surface area contributed by atoms with E-state index < -0.39 is 23.2 Å². The van der Waals surface area contributed by atoms with Gasteiger partial charge in [0.1, 0.15) is 5.76 Å². The van der Waals surface area contributed by atoms with E-state index in [0.717, 1.165) is 0 Å². The summed E-state index contributed by atoms with van der Waals surface area (Å²) in [6, 6.07) is 12.1. The first-order valence-corrected chi connectivity index (χ1v) is 9.37. The van der Waals surface area contributed by atoms with Gasteiger partial charge in [0.25, 0.3) is 5.91 Å². The first kappa shape index (κ1) is 19.6. The van der Waals surface area contributed by atoms with E-state index in [0.29, 0.717) is 24.2 Å². The van der Waals surface area contributed by atoms with Crippen LogP contribution < -0.4 is 0 Å². The summed E-state index contributed by atoms with van der Waals surface area (Å²) in [6.07, 6.45) is 6.01. The summed E-state index contributed by atoms with van der Waals surface area (Å²) in [5.41, 5.74) is -0.983. The third-order valence-corrected chi connectivity index (χ3v) is 4.86. The molecule has 6 nitrogen and oxygen atoms in total. The van der Waals surface area contributed by atoms with Crippen molar-refractivity contribution in [1.29, 1.82) is 0 Å². The molecule has 0 radical (unpaired) electrons. The van der Waals surface area contributed by atoms with E-state index in [4.69, 9.17) is 9.15 Å². The van der Waals surface area contributed by atoms with Crippen LogP contribution in [-0.4, -0.2) is 35.8 Å². The first-order valence-electron chi connectivity index (χ1n) is 9.37. The number of hydrogen-bond donors (Lipinski definition) is 0. The Hall–Kier alpha value is -3.15. The Balaban J connectivity index is 1.88. The molecule has 2 aromatic rings. The van der Waals surface area contributed by atoms with Crippen LogP contribution in [0.25, 0.3) is 6.08 Å². The van der Waals surface area contributed by atoms with Gasteiger partial charge < -0.3 is 9.15 Å². The average Bonchev–Trinajstić information content (AvgIpc) is 3.23. The van der Waals surface area contributed by atoms with Crippen LogP contribution in [0, 0.1) is 5.41 Å². The lowest BCUT2D eigenvalue weighted by Gasteiger charge is -2.38. The molecule has 3 rings (SSSR count).